The maximum atomic E-state index is 13.9. The van der Waals surface area contributed by atoms with Crippen molar-refractivity contribution < 1.29 is 9.18 Å². The second-order valence-electron chi connectivity index (χ2n) is 7.83. The monoisotopic (exact) mass is 451 g/mol. The van der Waals surface area contributed by atoms with E-state index in [1.54, 1.807) is 36.8 Å². The van der Waals surface area contributed by atoms with Crippen LogP contribution in [0.3, 0.4) is 0 Å². The number of rotatable bonds is 8. The zero-order chi connectivity index (χ0) is 25.2. The van der Waals surface area contributed by atoms with Gasteiger partial charge in [-0.05, 0) is 60.6 Å². The van der Waals surface area contributed by atoms with Gasteiger partial charge in [-0.3, -0.25) is 14.8 Å². The molecular weight excluding hydrogens is 413 g/mol. The quantitative estimate of drug-likeness (QED) is 0.238. The number of carbonyl (C=O) groups excluding carboxylic acids is 1. The van der Waals surface area contributed by atoms with Crippen LogP contribution in [0.5, 0.6) is 0 Å². The predicted molar refractivity (Wildman–Crippen MR) is 142 cm³/mol. The van der Waals surface area contributed by atoms with Gasteiger partial charge in [-0.1, -0.05) is 65.8 Å². The van der Waals surface area contributed by atoms with Gasteiger partial charge in [0.1, 0.15) is 5.83 Å². The summed E-state index contributed by atoms with van der Waals surface area (Å²) < 4.78 is 13.9. The lowest BCUT2D eigenvalue weighted by atomic mass is 10.0. The second-order valence-corrected chi connectivity index (χ2v) is 7.83. The minimum Gasteiger partial charge on any atom is -0.346 e. The number of nitrogens with one attached hydrogen (secondary N) is 1. The maximum absolute atomic E-state index is 13.9. The summed E-state index contributed by atoms with van der Waals surface area (Å²) in [6.07, 6.45) is 20.5. The molecule has 1 rings (SSSR count). The Morgan fingerprint density at radius 3 is 2.52 bits per heavy atom. The molecule has 0 aliphatic heterocycles. The number of carbonyl (C=O) groups is 1. The van der Waals surface area contributed by atoms with E-state index in [2.05, 4.69) is 21.9 Å². The summed E-state index contributed by atoms with van der Waals surface area (Å²) in [4.78, 5) is 19.8. The third-order valence-corrected chi connectivity index (χ3v) is 4.25. The SMILES string of the molecule is C=C(C)/C=C\C=C(/C)C(C)NC(=O)/C=C/C1C=C(C)C=CC=C1F.CC=N/C=C\N=C(C)C. The number of allylic oxidation sites excluding steroid dienone is 11. The molecule has 2 atom stereocenters. The van der Waals surface area contributed by atoms with Gasteiger partial charge in [0.15, 0.2) is 0 Å². The Bertz CT molecular complexity index is 921. The van der Waals surface area contributed by atoms with E-state index in [1.165, 1.54) is 12.2 Å². The molecule has 2 unspecified atom stereocenters. The highest BCUT2D eigenvalue weighted by Crippen LogP contribution is 2.21. The molecule has 0 saturated heterocycles. The van der Waals surface area contributed by atoms with E-state index in [4.69, 9.17) is 0 Å². The van der Waals surface area contributed by atoms with Crippen LogP contribution in [0.2, 0.25) is 0 Å². The van der Waals surface area contributed by atoms with Gasteiger partial charge in [-0.2, -0.15) is 0 Å². The zero-order valence-electron chi connectivity index (χ0n) is 21.0. The van der Waals surface area contributed by atoms with Crippen LogP contribution in [-0.4, -0.2) is 23.9 Å². The van der Waals surface area contributed by atoms with Gasteiger partial charge in [0.2, 0.25) is 5.91 Å². The summed E-state index contributed by atoms with van der Waals surface area (Å²) in [5.41, 5.74) is 3.99. The molecule has 0 aromatic heterocycles. The molecule has 0 bridgehead atoms. The molecule has 0 aromatic rings. The Morgan fingerprint density at radius 1 is 1.21 bits per heavy atom. The Morgan fingerprint density at radius 2 is 1.91 bits per heavy atom. The highest BCUT2D eigenvalue weighted by Gasteiger charge is 2.11. The summed E-state index contributed by atoms with van der Waals surface area (Å²) in [6, 6.07) is -0.106. The largest absolute Gasteiger partial charge is 0.346 e. The van der Waals surface area contributed by atoms with E-state index < -0.39 is 5.92 Å². The third kappa shape index (κ3) is 16.0. The van der Waals surface area contributed by atoms with Crippen molar-refractivity contribution in [2.24, 2.45) is 15.9 Å². The average Bonchev–Trinajstić information content (AvgIpc) is 2.89. The van der Waals surface area contributed by atoms with Crippen molar-refractivity contribution in [1.29, 1.82) is 0 Å². The predicted octanol–water partition coefficient (Wildman–Crippen LogP) is 7.14. The van der Waals surface area contributed by atoms with Crippen molar-refractivity contribution in [1.82, 2.24) is 5.32 Å². The molecule has 0 saturated carbocycles. The summed E-state index contributed by atoms with van der Waals surface area (Å²) in [6.45, 7) is 17.2. The third-order valence-electron chi connectivity index (χ3n) is 4.25. The Balaban J connectivity index is 0.000000960. The molecule has 5 heteroatoms. The summed E-state index contributed by atoms with van der Waals surface area (Å²) in [7, 11) is 0. The van der Waals surface area contributed by atoms with Gasteiger partial charge in [0.25, 0.3) is 0 Å². The molecule has 0 radical (unpaired) electrons. The minimum absolute atomic E-state index is 0.106. The molecular formula is C28H38FN3O. The summed E-state index contributed by atoms with van der Waals surface area (Å²) in [5.74, 6) is -1.02. The normalized spacial score (nSPS) is 17.5. The summed E-state index contributed by atoms with van der Waals surface area (Å²) in [5, 5.41) is 2.87. The van der Waals surface area contributed by atoms with Crippen LogP contribution in [-0.2, 0) is 4.79 Å². The first-order chi connectivity index (χ1) is 15.6. The molecule has 1 N–H and O–H groups in total. The number of nitrogens with zero attached hydrogens (tertiary/aromatic N) is 2. The highest BCUT2D eigenvalue weighted by molar-refractivity contribution is 5.88. The van der Waals surface area contributed by atoms with Gasteiger partial charge in [0.05, 0.1) is 0 Å². The first kappa shape index (κ1) is 29.7. The molecule has 178 valence electrons. The zero-order valence-corrected chi connectivity index (χ0v) is 21.0. The summed E-state index contributed by atoms with van der Waals surface area (Å²) >= 11 is 0. The number of hydrogen-bond acceptors (Lipinski definition) is 3. The van der Waals surface area contributed by atoms with E-state index in [0.29, 0.717) is 0 Å². The van der Waals surface area contributed by atoms with Crippen LogP contribution in [0, 0.1) is 5.92 Å². The van der Waals surface area contributed by atoms with Crippen molar-refractivity contribution in [3.8, 4) is 0 Å². The van der Waals surface area contributed by atoms with E-state index in [1.807, 2.05) is 72.8 Å². The average molecular weight is 452 g/mol. The molecule has 4 nitrogen and oxygen atoms in total. The Labute approximate surface area is 199 Å². The molecule has 0 spiro atoms. The molecule has 0 heterocycles. The number of aliphatic imine (C=N–C) groups is 2. The lowest BCUT2D eigenvalue weighted by Gasteiger charge is -2.13. The van der Waals surface area contributed by atoms with Crippen LogP contribution in [0.1, 0.15) is 48.5 Å². The van der Waals surface area contributed by atoms with Gasteiger partial charge < -0.3 is 5.32 Å². The van der Waals surface area contributed by atoms with Crippen LogP contribution < -0.4 is 5.32 Å². The van der Waals surface area contributed by atoms with E-state index >= 15 is 0 Å². The van der Waals surface area contributed by atoms with Crippen molar-refractivity contribution in [3.63, 3.8) is 0 Å². The van der Waals surface area contributed by atoms with Crippen LogP contribution in [0.15, 0.2) is 106 Å². The van der Waals surface area contributed by atoms with Crippen molar-refractivity contribution in [2.75, 3.05) is 0 Å². The van der Waals surface area contributed by atoms with Crippen molar-refractivity contribution in [2.45, 2.75) is 54.5 Å². The first-order valence-electron chi connectivity index (χ1n) is 10.9. The van der Waals surface area contributed by atoms with Crippen LogP contribution in [0.4, 0.5) is 4.39 Å². The molecule has 1 amide bonds. The minimum atomic E-state index is -0.504. The lowest BCUT2D eigenvalue weighted by Crippen LogP contribution is -2.32. The Hall–Kier alpha value is -3.34. The Kier molecular flexibility index (Phi) is 15.5. The first-order valence-corrected chi connectivity index (χ1v) is 10.9. The van der Waals surface area contributed by atoms with Gasteiger partial charge in [-0.25, -0.2) is 4.39 Å². The van der Waals surface area contributed by atoms with E-state index in [0.717, 1.165) is 22.4 Å². The second kappa shape index (κ2) is 17.2. The van der Waals surface area contributed by atoms with Crippen molar-refractivity contribution in [3.05, 3.63) is 96.2 Å². The van der Waals surface area contributed by atoms with Crippen LogP contribution in [0.25, 0.3) is 0 Å². The fourth-order valence-corrected chi connectivity index (χ4v) is 2.35. The van der Waals surface area contributed by atoms with Crippen LogP contribution >= 0.6 is 0 Å². The molecule has 1 aliphatic carbocycles. The molecule has 33 heavy (non-hydrogen) atoms. The van der Waals surface area contributed by atoms with Crippen molar-refractivity contribution >= 4 is 17.8 Å². The van der Waals surface area contributed by atoms with E-state index in [-0.39, 0.29) is 17.8 Å². The lowest BCUT2D eigenvalue weighted by molar-refractivity contribution is -0.116. The number of halogens is 1. The van der Waals surface area contributed by atoms with Gasteiger partial charge in [-0.15, -0.1) is 0 Å². The molecule has 0 aromatic carbocycles. The number of hydrogen-bond donors (Lipinski definition) is 1. The standard InChI is InChI=1S/C21H26FNO.C7H12N2/c1-15(2)8-6-10-17(4)18(5)23-21(24)13-12-19-14-16(3)9-7-11-20(19)22;1-4-8-5-6-9-7(2)3/h6-14,18-19H,1H2,2-5H3,(H,23,24);4-6H,1-3H3/b8-6-,13-12+,17-10+;6-5-,8-4?. The fraction of sp³-hybridized carbons (Fsp3) is 0.321. The smallest absolute Gasteiger partial charge is 0.244 e. The van der Waals surface area contributed by atoms with E-state index in [9.17, 15) is 9.18 Å². The van der Waals surface area contributed by atoms with Gasteiger partial charge in [0, 0.05) is 36.3 Å². The molecule has 1 aliphatic rings. The highest BCUT2D eigenvalue weighted by atomic mass is 19.1. The topological polar surface area (TPSA) is 53.8 Å². The number of amides is 1. The maximum Gasteiger partial charge on any atom is 0.244 e. The van der Waals surface area contributed by atoms with Gasteiger partial charge >= 0.3 is 0 Å². The fourth-order valence-electron chi connectivity index (χ4n) is 2.35. The molecule has 0 fully saturated rings.